The molecule has 0 bridgehead atoms. The third-order valence-corrected chi connectivity index (χ3v) is 5.88. The lowest BCUT2D eigenvalue weighted by atomic mass is 9.92. The Hall–Kier alpha value is -2.58. The molecule has 0 spiro atoms. The SMILES string of the molecule is COCCNC(=O)[C@@H]1CN(Cc2ccccn2)C[C@H]1c1ccnc(N2CCCC2)n1. The summed E-state index contributed by atoms with van der Waals surface area (Å²) in [5.41, 5.74) is 1.96. The number of methoxy groups -OCH3 is 1. The second-order valence-electron chi connectivity index (χ2n) is 7.99. The average molecular weight is 411 g/mol. The Morgan fingerprint density at radius 1 is 1.17 bits per heavy atom. The monoisotopic (exact) mass is 410 g/mol. The molecular weight excluding hydrogens is 380 g/mol. The van der Waals surface area contributed by atoms with E-state index >= 15 is 0 Å². The Morgan fingerprint density at radius 2 is 2.03 bits per heavy atom. The number of amides is 1. The summed E-state index contributed by atoms with van der Waals surface area (Å²) >= 11 is 0. The van der Waals surface area contributed by atoms with Gasteiger partial charge in [-0.2, -0.15) is 0 Å². The second kappa shape index (κ2) is 9.95. The largest absolute Gasteiger partial charge is 0.383 e. The van der Waals surface area contributed by atoms with E-state index in [4.69, 9.17) is 9.72 Å². The number of carbonyl (C=O) groups is 1. The summed E-state index contributed by atoms with van der Waals surface area (Å²) in [7, 11) is 1.64. The number of hydrogen-bond acceptors (Lipinski definition) is 7. The highest BCUT2D eigenvalue weighted by Crippen LogP contribution is 2.33. The lowest BCUT2D eigenvalue weighted by Gasteiger charge is -2.20. The lowest BCUT2D eigenvalue weighted by molar-refractivity contribution is -0.125. The number of nitrogens with zero attached hydrogens (tertiary/aromatic N) is 5. The lowest BCUT2D eigenvalue weighted by Crippen LogP contribution is -2.36. The first-order valence-electron chi connectivity index (χ1n) is 10.7. The predicted octanol–water partition coefficient (Wildman–Crippen LogP) is 1.45. The van der Waals surface area contributed by atoms with E-state index in [1.807, 2.05) is 36.7 Å². The molecule has 8 nitrogen and oxygen atoms in total. The number of aromatic nitrogens is 3. The fourth-order valence-electron chi connectivity index (χ4n) is 4.35. The first kappa shape index (κ1) is 20.7. The van der Waals surface area contributed by atoms with Crippen molar-refractivity contribution in [3.05, 3.63) is 48.0 Å². The van der Waals surface area contributed by atoms with Crippen molar-refractivity contribution in [2.75, 3.05) is 51.3 Å². The van der Waals surface area contributed by atoms with Crippen molar-refractivity contribution in [3.8, 4) is 0 Å². The number of carbonyl (C=O) groups excluding carboxylic acids is 1. The van der Waals surface area contributed by atoms with E-state index in [9.17, 15) is 4.79 Å². The molecule has 2 aliphatic rings. The maximum Gasteiger partial charge on any atom is 0.225 e. The molecule has 2 aromatic heterocycles. The number of pyridine rings is 1. The van der Waals surface area contributed by atoms with Crippen molar-refractivity contribution in [2.24, 2.45) is 5.92 Å². The van der Waals surface area contributed by atoms with Crippen molar-refractivity contribution in [3.63, 3.8) is 0 Å². The normalized spacial score (nSPS) is 21.8. The van der Waals surface area contributed by atoms with Gasteiger partial charge in [0.1, 0.15) is 0 Å². The fourth-order valence-corrected chi connectivity index (χ4v) is 4.35. The predicted molar refractivity (Wildman–Crippen MR) is 114 cm³/mol. The number of rotatable bonds is 8. The first-order chi connectivity index (χ1) is 14.7. The van der Waals surface area contributed by atoms with Crippen LogP contribution in [0, 0.1) is 5.92 Å². The minimum absolute atomic E-state index is 0.0283. The molecular formula is C22H30N6O2. The summed E-state index contributed by atoms with van der Waals surface area (Å²) in [5, 5.41) is 3.02. The molecule has 4 rings (SSSR count). The minimum Gasteiger partial charge on any atom is -0.383 e. The number of nitrogens with one attached hydrogen (secondary N) is 1. The number of likely N-dealkylation sites (tertiary alicyclic amines) is 1. The summed E-state index contributed by atoms with van der Waals surface area (Å²) in [6, 6.07) is 7.90. The van der Waals surface area contributed by atoms with Gasteiger partial charge in [-0.3, -0.25) is 14.7 Å². The van der Waals surface area contributed by atoms with E-state index < -0.39 is 0 Å². The van der Waals surface area contributed by atoms with Crippen LogP contribution in [0.25, 0.3) is 0 Å². The fraction of sp³-hybridized carbons (Fsp3) is 0.545. The van der Waals surface area contributed by atoms with E-state index in [-0.39, 0.29) is 17.7 Å². The van der Waals surface area contributed by atoms with Gasteiger partial charge in [0.05, 0.1) is 23.9 Å². The second-order valence-corrected chi connectivity index (χ2v) is 7.99. The van der Waals surface area contributed by atoms with Gasteiger partial charge >= 0.3 is 0 Å². The molecule has 1 N–H and O–H groups in total. The molecule has 1 amide bonds. The van der Waals surface area contributed by atoms with Gasteiger partial charge in [-0.1, -0.05) is 6.07 Å². The molecule has 8 heteroatoms. The van der Waals surface area contributed by atoms with Gasteiger partial charge in [0.25, 0.3) is 0 Å². The molecule has 0 saturated carbocycles. The first-order valence-corrected chi connectivity index (χ1v) is 10.7. The highest BCUT2D eigenvalue weighted by molar-refractivity contribution is 5.80. The topological polar surface area (TPSA) is 83.5 Å². The van der Waals surface area contributed by atoms with Gasteiger partial charge in [-0.25, -0.2) is 9.97 Å². The van der Waals surface area contributed by atoms with Crippen LogP contribution in [0.15, 0.2) is 36.7 Å². The van der Waals surface area contributed by atoms with Crippen LogP contribution in [0.5, 0.6) is 0 Å². The summed E-state index contributed by atoms with van der Waals surface area (Å²) in [6.07, 6.45) is 6.00. The molecule has 2 saturated heterocycles. The van der Waals surface area contributed by atoms with Crippen LogP contribution >= 0.6 is 0 Å². The maximum atomic E-state index is 13.0. The number of hydrogen-bond donors (Lipinski definition) is 1. The molecule has 2 aliphatic heterocycles. The van der Waals surface area contributed by atoms with Gasteiger partial charge in [0.2, 0.25) is 11.9 Å². The van der Waals surface area contributed by atoms with Crippen molar-refractivity contribution in [2.45, 2.75) is 25.3 Å². The zero-order chi connectivity index (χ0) is 20.8. The maximum absolute atomic E-state index is 13.0. The van der Waals surface area contributed by atoms with Crippen LogP contribution in [-0.4, -0.2) is 72.2 Å². The van der Waals surface area contributed by atoms with Gasteiger partial charge < -0.3 is 15.0 Å². The third kappa shape index (κ3) is 4.94. The summed E-state index contributed by atoms with van der Waals surface area (Å²) in [6.45, 7) is 5.21. The highest BCUT2D eigenvalue weighted by Gasteiger charge is 2.39. The number of anilines is 1. The van der Waals surface area contributed by atoms with Crippen molar-refractivity contribution in [1.29, 1.82) is 0 Å². The summed E-state index contributed by atoms with van der Waals surface area (Å²) < 4.78 is 5.08. The van der Waals surface area contributed by atoms with Crippen LogP contribution in [0.4, 0.5) is 5.95 Å². The molecule has 0 radical (unpaired) electrons. The third-order valence-electron chi connectivity index (χ3n) is 5.88. The van der Waals surface area contributed by atoms with Gasteiger partial charge in [0.15, 0.2) is 0 Å². The summed E-state index contributed by atoms with van der Waals surface area (Å²) in [4.78, 5) is 31.3. The van der Waals surface area contributed by atoms with Crippen molar-refractivity contribution < 1.29 is 9.53 Å². The van der Waals surface area contributed by atoms with Gasteiger partial charge in [-0.15, -0.1) is 0 Å². The standard InChI is InChI=1S/C22H30N6O2/c1-30-13-10-24-21(29)19-16-27(14-17-6-2-3-8-23-17)15-18(19)20-7-9-25-22(26-20)28-11-4-5-12-28/h2-3,6-9,18-19H,4-5,10-16H2,1H3,(H,24,29)/t18-,19-/m1/s1. The molecule has 2 aromatic rings. The molecule has 2 fully saturated rings. The molecule has 0 unspecified atom stereocenters. The van der Waals surface area contributed by atoms with E-state index in [0.29, 0.717) is 19.7 Å². The zero-order valence-corrected chi connectivity index (χ0v) is 17.5. The van der Waals surface area contributed by atoms with Crippen LogP contribution in [0.2, 0.25) is 0 Å². The molecule has 4 heterocycles. The van der Waals surface area contributed by atoms with E-state index in [1.54, 1.807) is 7.11 Å². The van der Waals surface area contributed by atoms with E-state index in [2.05, 4.69) is 25.1 Å². The summed E-state index contributed by atoms with van der Waals surface area (Å²) in [5.74, 6) is 0.709. The van der Waals surface area contributed by atoms with Gasteiger partial charge in [-0.05, 0) is 31.0 Å². The Labute approximate surface area is 177 Å². The Bertz CT molecular complexity index is 827. The van der Waals surface area contributed by atoms with Crippen LogP contribution in [0.1, 0.15) is 30.1 Å². The molecule has 2 atom stereocenters. The average Bonchev–Trinajstić information content (AvgIpc) is 3.45. The molecule has 30 heavy (non-hydrogen) atoms. The molecule has 0 aliphatic carbocycles. The smallest absolute Gasteiger partial charge is 0.225 e. The highest BCUT2D eigenvalue weighted by atomic mass is 16.5. The van der Waals surface area contributed by atoms with Gasteiger partial charge in [0, 0.05) is 64.7 Å². The Morgan fingerprint density at radius 3 is 2.80 bits per heavy atom. The van der Waals surface area contributed by atoms with Crippen molar-refractivity contribution >= 4 is 11.9 Å². The zero-order valence-electron chi connectivity index (χ0n) is 17.5. The van der Waals surface area contributed by atoms with E-state index in [0.717, 1.165) is 43.5 Å². The minimum atomic E-state index is -0.160. The Kier molecular flexibility index (Phi) is 6.86. The molecule has 0 aromatic carbocycles. The van der Waals surface area contributed by atoms with Crippen LogP contribution in [-0.2, 0) is 16.1 Å². The quantitative estimate of drug-likeness (QED) is 0.660. The molecule has 160 valence electrons. The Balaban J connectivity index is 1.52. The van der Waals surface area contributed by atoms with Crippen molar-refractivity contribution in [1.82, 2.24) is 25.2 Å². The van der Waals surface area contributed by atoms with Crippen LogP contribution < -0.4 is 10.2 Å². The van der Waals surface area contributed by atoms with Crippen LogP contribution in [0.3, 0.4) is 0 Å². The number of ether oxygens (including phenoxy) is 1. The van der Waals surface area contributed by atoms with E-state index in [1.165, 1.54) is 12.8 Å².